The predicted octanol–water partition coefficient (Wildman–Crippen LogP) is 7.91. The van der Waals surface area contributed by atoms with Gasteiger partial charge >= 0.3 is 12.1 Å². The van der Waals surface area contributed by atoms with Crippen LogP contribution >= 0.6 is 22.9 Å². The van der Waals surface area contributed by atoms with Crippen molar-refractivity contribution < 1.29 is 22.7 Å². The molecular formula is C27H19ClF3N3O2S. The number of esters is 1. The number of carbonyl (C=O) groups excluding carboxylic acids is 1. The standard InChI is InChI=1S/C27H19ClF3N3O2S/c28-21-8-4-5-9-22(21)34-23(14-24(32)27(29,30)31)17-10-12-19(13-11-17)26(35)36-15-20-16-37-25(33-20)18-6-2-1-3-7-18/h1-13,16,32H,14-15H2. The topological polar surface area (TPSA) is 75.4 Å². The first kappa shape index (κ1) is 26.2. The highest BCUT2D eigenvalue weighted by Gasteiger charge is 2.35. The minimum Gasteiger partial charge on any atom is -0.456 e. The van der Waals surface area contributed by atoms with E-state index in [1.54, 1.807) is 24.3 Å². The molecule has 0 bridgehead atoms. The van der Waals surface area contributed by atoms with Crippen LogP contribution in [0.2, 0.25) is 5.02 Å². The van der Waals surface area contributed by atoms with Crippen molar-refractivity contribution in [1.29, 1.82) is 5.41 Å². The summed E-state index contributed by atoms with van der Waals surface area (Å²) in [6, 6.07) is 21.9. The van der Waals surface area contributed by atoms with Gasteiger partial charge < -0.3 is 10.1 Å². The molecule has 1 aromatic heterocycles. The van der Waals surface area contributed by atoms with Gasteiger partial charge in [-0.05, 0) is 29.8 Å². The number of hydrogen-bond donors (Lipinski definition) is 1. The largest absolute Gasteiger partial charge is 0.456 e. The minimum absolute atomic E-state index is 0.00810. The number of aliphatic imine (C=N–C) groups is 1. The van der Waals surface area contributed by atoms with Crippen LogP contribution in [0, 0.1) is 5.41 Å². The van der Waals surface area contributed by atoms with E-state index >= 15 is 0 Å². The van der Waals surface area contributed by atoms with Gasteiger partial charge in [-0.25, -0.2) is 9.78 Å². The number of nitrogens with zero attached hydrogens (tertiary/aromatic N) is 2. The number of alkyl halides is 3. The molecule has 0 saturated carbocycles. The van der Waals surface area contributed by atoms with Gasteiger partial charge in [0.2, 0.25) is 0 Å². The molecule has 0 aliphatic heterocycles. The Labute approximate surface area is 219 Å². The lowest BCUT2D eigenvalue weighted by Gasteiger charge is -2.12. The highest BCUT2D eigenvalue weighted by atomic mass is 35.5. The summed E-state index contributed by atoms with van der Waals surface area (Å²) in [5.41, 5.74) is 0.923. The molecule has 0 amide bonds. The molecular weight excluding hydrogens is 523 g/mol. The zero-order valence-electron chi connectivity index (χ0n) is 19.1. The number of rotatable bonds is 8. The summed E-state index contributed by atoms with van der Waals surface area (Å²) in [5.74, 6) is -0.603. The van der Waals surface area contributed by atoms with Crippen molar-refractivity contribution >= 4 is 46.0 Å². The van der Waals surface area contributed by atoms with Crippen molar-refractivity contribution in [3.05, 3.63) is 106 Å². The molecule has 188 valence electrons. The molecule has 3 aromatic carbocycles. The molecule has 0 atom stereocenters. The maximum Gasteiger partial charge on any atom is 0.429 e. The van der Waals surface area contributed by atoms with Crippen molar-refractivity contribution in [2.45, 2.75) is 19.2 Å². The van der Waals surface area contributed by atoms with E-state index < -0.39 is 24.3 Å². The molecule has 0 spiro atoms. The van der Waals surface area contributed by atoms with Crippen LogP contribution in [0.25, 0.3) is 10.6 Å². The summed E-state index contributed by atoms with van der Waals surface area (Å²) in [7, 11) is 0. The molecule has 4 rings (SSSR count). The molecule has 1 N–H and O–H groups in total. The van der Waals surface area contributed by atoms with Crippen LogP contribution < -0.4 is 0 Å². The summed E-state index contributed by atoms with van der Waals surface area (Å²) < 4.78 is 44.6. The number of ether oxygens (including phenoxy) is 1. The van der Waals surface area contributed by atoms with Crippen LogP contribution in [0.4, 0.5) is 18.9 Å². The molecule has 0 fully saturated rings. The Morgan fingerprint density at radius 1 is 0.973 bits per heavy atom. The molecule has 4 aromatic rings. The van der Waals surface area contributed by atoms with Crippen LogP contribution in [-0.4, -0.2) is 28.6 Å². The van der Waals surface area contributed by atoms with Crippen LogP contribution in [0.1, 0.15) is 28.0 Å². The van der Waals surface area contributed by atoms with Gasteiger partial charge in [0.25, 0.3) is 0 Å². The number of nitrogens with one attached hydrogen (secondary N) is 1. The van der Waals surface area contributed by atoms with Crippen molar-refractivity contribution in [3.8, 4) is 10.6 Å². The fourth-order valence-electron chi connectivity index (χ4n) is 3.27. The first-order chi connectivity index (χ1) is 17.7. The molecule has 0 unspecified atom stereocenters. The van der Waals surface area contributed by atoms with E-state index in [9.17, 15) is 18.0 Å². The molecule has 37 heavy (non-hydrogen) atoms. The van der Waals surface area contributed by atoms with Gasteiger partial charge in [-0.1, -0.05) is 66.2 Å². The lowest BCUT2D eigenvalue weighted by atomic mass is 10.0. The van der Waals surface area contributed by atoms with Crippen molar-refractivity contribution in [1.82, 2.24) is 4.98 Å². The Morgan fingerprint density at radius 3 is 2.30 bits per heavy atom. The first-order valence-corrected chi connectivity index (χ1v) is 12.2. The molecule has 0 aliphatic carbocycles. The highest BCUT2D eigenvalue weighted by Crippen LogP contribution is 2.27. The van der Waals surface area contributed by atoms with Crippen molar-refractivity contribution in [3.63, 3.8) is 0 Å². The average Bonchev–Trinajstić information content (AvgIpc) is 3.37. The Bertz CT molecular complexity index is 1440. The van der Waals surface area contributed by atoms with Crippen LogP contribution in [-0.2, 0) is 11.3 Å². The Balaban J connectivity index is 1.48. The second-order valence-electron chi connectivity index (χ2n) is 7.83. The first-order valence-electron chi connectivity index (χ1n) is 10.9. The summed E-state index contributed by atoms with van der Waals surface area (Å²) in [4.78, 5) is 21.3. The average molecular weight is 542 g/mol. The van der Waals surface area contributed by atoms with E-state index in [1.165, 1.54) is 35.6 Å². The zero-order chi connectivity index (χ0) is 26.4. The van der Waals surface area contributed by atoms with Crippen LogP contribution in [0.5, 0.6) is 0 Å². The number of thiazole rings is 1. The number of aromatic nitrogens is 1. The van der Waals surface area contributed by atoms with Gasteiger partial charge in [0.05, 0.1) is 27.7 Å². The monoisotopic (exact) mass is 541 g/mol. The van der Waals surface area contributed by atoms with Gasteiger partial charge in [0, 0.05) is 17.4 Å². The smallest absolute Gasteiger partial charge is 0.429 e. The zero-order valence-corrected chi connectivity index (χ0v) is 20.7. The second-order valence-corrected chi connectivity index (χ2v) is 9.09. The van der Waals surface area contributed by atoms with Gasteiger partial charge in [0.15, 0.2) is 0 Å². The van der Waals surface area contributed by atoms with E-state index in [4.69, 9.17) is 21.7 Å². The maximum absolute atomic E-state index is 13.1. The predicted molar refractivity (Wildman–Crippen MR) is 139 cm³/mol. The van der Waals surface area contributed by atoms with Gasteiger partial charge in [-0.3, -0.25) is 4.99 Å². The van der Waals surface area contributed by atoms with Crippen LogP contribution in [0.15, 0.2) is 89.2 Å². The lowest BCUT2D eigenvalue weighted by Crippen LogP contribution is -2.25. The van der Waals surface area contributed by atoms with Gasteiger partial charge in [-0.2, -0.15) is 13.2 Å². The fraction of sp³-hybridized carbons (Fsp3) is 0.111. The fourth-order valence-corrected chi connectivity index (χ4v) is 4.26. The van der Waals surface area contributed by atoms with E-state index in [0.29, 0.717) is 11.3 Å². The lowest BCUT2D eigenvalue weighted by molar-refractivity contribution is -0.0605. The second kappa shape index (κ2) is 11.5. The van der Waals surface area contributed by atoms with Crippen molar-refractivity contribution in [2.75, 3.05) is 0 Å². The molecule has 1 heterocycles. The van der Waals surface area contributed by atoms with E-state index in [2.05, 4.69) is 9.98 Å². The Kier molecular flexibility index (Phi) is 8.15. The van der Waals surface area contributed by atoms with Gasteiger partial charge in [0.1, 0.15) is 17.3 Å². The number of benzene rings is 3. The normalized spacial score (nSPS) is 11.8. The number of carbonyl (C=O) groups is 1. The SMILES string of the molecule is N=C(CC(=Nc1ccccc1Cl)c1ccc(C(=O)OCc2csc(-c3ccccc3)n2)cc1)C(F)(F)F. The maximum atomic E-state index is 13.1. The molecule has 0 aliphatic rings. The molecule has 0 saturated heterocycles. The summed E-state index contributed by atoms with van der Waals surface area (Å²) in [6.45, 7) is -0.0219. The third-order valence-electron chi connectivity index (χ3n) is 5.17. The summed E-state index contributed by atoms with van der Waals surface area (Å²) in [6.07, 6.45) is -5.55. The number of hydrogen-bond acceptors (Lipinski definition) is 6. The third-order valence-corrected chi connectivity index (χ3v) is 6.43. The van der Waals surface area contributed by atoms with Crippen molar-refractivity contribution in [2.24, 2.45) is 4.99 Å². The molecule has 10 heteroatoms. The number of para-hydroxylation sites is 1. The third kappa shape index (κ3) is 6.90. The minimum atomic E-state index is -4.79. The van der Waals surface area contributed by atoms with E-state index in [1.807, 2.05) is 35.7 Å². The Hall–Kier alpha value is -3.82. The van der Waals surface area contributed by atoms with E-state index in [0.717, 1.165) is 10.6 Å². The summed E-state index contributed by atoms with van der Waals surface area (Å²) in [5, 5.41) is 10.3. The molecule has 0 radical (unpaired) electrons. The van der Waals surface area contributed by atoms with Crippen LogP contribution in [0.3, 0.4) is 0 Å². The molecule has 5 nitrogen and oxygen atoms in total. The highest BCUT2D eigenvalue weighted by molar-refractivity contribution is 7.13. The Morgan fingerprint density at radius 2 is 1.62 bits per heavy atom. The quantitative estimate of drug-likeness (QED) is 0.182. The number of halogens is 4. The summed E-state index contributed by atoms with van der Waals surface area (Å²) >= 11 is 7.56. The van der Waals surface area contributed by atoms with Gasteiger partial charge in [-0.15, -0.1) is 11.3 Å². The van der Waals surface area contributed by atoms with E-state index in [-0.39, 0.29) is 28.6 Å².